The van der Waals surface area contributed by atoms with Gasteiger partial charge in [0, 0.05) is 16.8 Å². The summed E-state index contributed by atoms with van der Waals surface area (Å²) in [5, 5.41) is 19.2. The van der Waals surface area contributed by atoms with Gasteiger partial charge in [0.15, 0.2) is 5.57 Å². The average Bonchev–Trinajstić information content (AvgIpc) is 2.75. The Morgan fingerprint density at radius 2 is 1.64 bits per heavy atom. The van der Waals surface area contributed by atoms with E-state index in [1.54, 1.807) is 83.9 Å². The largest absolute Gasteiger partial charge is 0.312 e. The molecule has 1 heterocycles. The Kier molecular flexibility index (Phi) is 5.87. The molecule has 5 heteroatoms. The van der Waals surface area contributed by atoms with Gasteiger partial charge < -0.3 is 4.90 Å². The lowest BCUT2D eigenvalue weighted by Gasteiger charge is -2.26. The molecule has 2 aromatic rings. The van der Waals surface area contributed by atoms with Gasteiger partial charge in [0.05, 0.1) is 11.4 Å². The molecule has 2 aromatic carbocycles. The fourth-order valence-electron chi connectivity index (χ4n) is 2.70. The molecule has 1 aliphatic heterocycles. The zero-order chi connectivity index (χ0) is 19.9. The third-order valence-corrected chi connectivity index (χ3v) is 4.29. The van der Waals surface area contributed by atoms with E-state index in [2.05, 4.69) is 0 Å². The lowest BCUT2D eigenvalue weighted by molar-refractivity contribution is 0.101. The fraction of sp³-hybridized carbons (Fsp3) is 0. The minimum Gasteiger partial charge on any atom is -0.312 e. The number of halogens is 1. The van der Waals surface area contributed by atoms with E-state index in [1.807, 2.05) is 18.2 Å². The van der Waals surface area contributed by atoms with Crippen LogP contribution in [0.4, 0.5) is 0 Å². The van der Waals surface area contributed by atoms with Gasteiger partial charge in [0.25, 0.3) is 0 Å². The summed E-state index contributed by atoms with van der Waals surface area (Å²) in [6.45, 7) is 0. The highest BCUT2D eigenvalue weighted by atomic mass is 35.5. The first kappa shape index (κ1) is 18.9. The molecular weight excluding hydrogens is 370 g/mol. The van der Waals surface area contributed by atoms with Crippen molar-refractivity contribution in [2.75, 3.05) is 0 Å². The quantitative estimate of drug-likeness (QED) is 0.410. The van der Waals surface area contributed by atoms with Crippen molar-refractivity contribution in [3.05, 3.63) is 112 Å². The first-order valence-corrected chi connectivity index (χ1v) is 8.77. The molecule has 0 amide bonds. The van der Waals surface area contributed by atoms with Crippen molar-refractivity contribution in [2.45, 2.75) is 0 Å². The SMILES string of the molecule is N#CC(C#N)=C1C=CC=CN1C(=Cc1ccc(Cl)cc1)C(=O)c1ccccc1. The Labute approximate surface area is 168 Å². The van der Waals surface area contributed by atoms with Crippen LogP contribution in [0.3, 0.4) is 0 Å². The van der Waals surface area contributed by atoms with Crippen molar-refractivity contribution in [3.63, 3.8) is 0 Å². The first-order valence-electron chi connectivity index (χ1n) is 8.39. The number of nitrogens with zero attached hydrogens (tertiary/aromatic N) is 3. The summed E-state index contributed by atoms with van der Waals surface area (Å²) >= 11 is 5.96. The van der Waals surface area contributed by atoms with Crippen LogP contribution in [0, 0.1) is 22.7 Å². The maximum absolute atomic E-state index is 13.3. The Hall–Kier alpha value is -3.86. The molecule has 0 unspecified atom stereocenters. The van der Waals surface area contributed by atoms with Crippen molar-refractivity contribution in [1.82, 2.24) is 4.90 Å². The zero-order valence-corrected chi connectivity index (χ0v) is 15.5. The number of ketones is 1. The Morgan fingerprint density at radius 1 is 0.964 bits per heavy atom. The second-order valence-corrected chi connectivity index (χ2v) is 6.27. The van der Waals surface area contributed by atoms with E-state index >= 15 is 0 Å². The minimum absolute atomic E-state index is 0.0801. The number of allylic oxidation sites excluding steroid dienone is 5. The monoisotopic (exact) mass is 383 g/mol. The molecule has 0 aromatic heterocycles. The second-order valence-electron chi connectivity index (χ2n) is 5.83. The van der Waals surface area contributed by atoms with Crippen LogP contribution in [0.15, 0.2) is 96.0 Å². The van der Waals surface area contributed by atoms with E-state index in [0.717, 1.165) is 5.56 Å². The number of benzene rings is 2. The second kappa shape index (κ2) is 8.68. The molecule has 3 rings (SSSR count). The van der Waals surface area contributed by atoms with Gasteiger partial charge in [0.2, 0.25) is 5.78 Å². The molecule has 0 spiro atoms. The maximum atomic E-state index is 13.3. The minimum atomic E-state index is -0.233. The number of carbonyl (C=O) groups excluding carboxylic acids is 1. The van der Waals surface area contributed by atoms with Gasteiger partial charge >= 0.3 is 0 Å². The zero-order valence-electron chi connectivity index (χ0n) is 14.7. The van der Waals surface area contributed by atoms with Crippen LogP contribution in [-0.2, 0) is 0 Å². The maximum Gasteiger partial charge on any atom is 0.209 e. The van der Waals surface area contributed by atoms with Crippen molar-refractivity contribution >= 4 is 23.5 Å². The van der Waals surface area contributed by atoms with Gasteiger partial charge in [-0.05, 0) is 35.9 Å². The van der Waals surface area contributed by atoms with Crippen molar-refractivity contribution < 1.29 is 4.79 Å². The third kappa shape index (κ3) is 4.10. The standard InChI is InChI=1S/C23H14ClN3O/c24-20-11-9-17(10-12-20)14-22(23(28)18-6-2-1-3-7-18)27-13-5-4-8-21(27)19(15-25)16-26/h1-14H. The molecule has 4 nitrogen and oxygen atoms in total. The third-order valence-electron chi connectivity index (χ3n) is 4.04. The van der Waals surface area contributed by atoms with Crippen LogP contribution in [0.25, 0.3) is 6.08 Å². The highest BCUT2D eigenvalue weighted by Crippen LogP contribution is 2.26. The molecule has 0 N–H and O–H groups in total. The van der Waals surface area contributed by atoms with Crippen molar-refractivity contribution in [3.8, 4) is 12.1 Å². The first-order chi connectivity index (χ1) is 13.6. The van der Waals surface area contributed by atoms with E-state index in [-0.39, 0.29) is 11.4 Å². The Morgan fingerprint density at radius 3 is 2.29 bits per heavy atom. The molecule has 0 bridgehead atoms. The molecule has 0 fully saturated rings. The number of nitriles is 2. The van der Waals surface area contributed by atoms with Gasteiger partial charge in [-0.15, -0.1) is 0 Å². The normalized spacial score (nSPS) is 13.0. The van der Waals surface area contributed by atoms with E-state index in [9.17, 15) is 15.3 Å². The van der Waals surface area contributed by atoms with Gasteiger partial charge in [-0.3, -0.25) is 4.79 Å². The van der Waals surface area contributed by atoms with Crippen LogP contribution in [-0.4, -0.2) is 10.7 Å². The van der Waals surface area contributed by atoms with Crippen LogP contribution < -0.4 is 0 Å². The molecular formula is C23H14ClN3O. The van der Waals surface area contributed by atoms with Crippen molar-refractivity contribution in [2.24, 2.45) is 0 Å². The summed E-state index contributed by atoms with van der Waals surface area (Å²) in [4.78, 5) is 14.8. The number of hydrogen-bond acceptors (Lipinski definition) is 4. The van der Waals surface area contributed by atoms with Crippen molar-refractivity contribution in [1.29, 1.82) is 10.5 Å². The summed E-state index contributed by atoms with van der Waals surface area (Å²) in [6, 6.07) is 19.7. The predicted molar refractivity (Wildman–Crippen MR) is 109 cm³/mol. The molecule has 0 atom stereocenters. The van der Waals surface area contributed by atoms with E-state index < -0.39 is 0 Å². The highest BCUT2D eigenvalue weighted by molar-refractivity contribution is 6.30. The van der Waals surface area contributed by atoms with E-state index in [4.69, 9.17) is 11.6 Å². The molecule has 28 heavy (non-hydrogen) atoms. The van der Waals surface area contributed by atoms with E-state index in [0.29, 0.717) is 22.0 Å². The van der Waals surface area contributed by atoms with Crippen LogP contribution in [0.5, 0.6) is 0 Å². The number of carbonyl (C=O) groups is 1. The van der Waals surface area contributed by atoms with Crippen LogP contribution in [0.1, 0.15) is 15.9 Å². The average molecular weight is 384 g/mol. The lowest BCUT2D eigenvalue weighted by Crippen LogP contribution is -2.24. The summed E-state index contributed by atoms with van der Waals surface area (Å²) < 4.78 is 0. The fourth-order valence-corrected chi connectivity index (χ4v) is 2.82. The number of hydrogen-bond donors (Lipinski definition) is 0. The Balaban J connectivity index is 2.17. The van der Waals surface area contributed by atoms with Crippen LogP contribution in [0.2, 0.25) is 5.02 Å². The van der Waals surface area contributed by atoms with Gasteiger partial charge in [-0.2, -0.15) is 10.5 Å². The number of Topliss-reactive ketones (excluding diaryl/α,β-unsaturated/α-hetero) is 1. The van der Waals surface area contributed by atoms with E-state index in [1.165, 1.54) is 0 Å². The Bertz CT molecular complexity index is 1080. The summed E-state index contributed by atoms with van der Waals surface area (Å²) in [5.41, 5.74) is 1.84. The molecule has 1 aliphatic rings. The topological polar surface area (TPSA) is 67.9 Å². The summed E-state index contributed by atoms with van der Waals surface area (Å²) in [5.74, 6) is -0.233. The molecule has 0 saturated carbocycles. The van der Waals surface area contributed by atoms with Gasteiger partial charge in [0.1, 0.15) is 12.1 Å². The highest BCUT2D eigenvalue weighted by Gasteiger charge is 2.23. The predicted octanol–water partition coefficient (Wildman–Crippen LogP) is 5.25. The van der Waals surface area contributed by atoms with Crippen LogP contribution >= 0.6 is 11.6 Å². The molecule has 0 saturated heterocycles. The molecule has 134 valence electrons. The summed E-state index contributed by atoms with van der Waals surface area (Å²) in [7, 11) is 0. The van der Waals surface area contributed by atoms with Gasteiger partial charge in [-0.1, -0.05) is 60.1 Å². The lowest BCUT2D eigenvalue weighted by atomic mass is 10.0. The summed E-state index contributed by atoms with van der Waals surface area (Å²) in [6.07, 6.45) is 8.46. The number of rotatable bonds is 4. The van der Waals surface area contributed by atoms with Gasteiger partial charge in [-0.25, -0.2) is 0 Å². The smallest absolute Gasteiger partial charge is 0.209 e. The molecule has 0 radical (unpaired) electrons. The molecule has 0 aliphatic carbocycles.